The quantitative estimate of drug-likeness (QED) is 0.773. The van der Waals surface area contributed by atoms with Crippen molar-refractivity contribution in [1.82, 2.24) is 0 Å². The number of benzene rings is 2. The fourth-order valence-electron chi connectivity index (χ4n) is 2.24. The lowest BCUT2D eigenvalue weighted by atomic mass is 10.0. The molecule has 0 amide bonds. The Bertz CT molecular complexity index is 611. The van der Waals surface area contributed by atoms with E-state index in [-0.39, 0.29) is 5.56 Å². The minimum atomic E-state index is -1.46. The lowest BCUT2D eigenvalue weighted by Gasteiger charge is -2.23. The molecule has 0 aliphatic carbocycles. The van der Waals surface area contributed by atoms with E-state index in [1.54, 1.807) is 24.3 Å². The highest BCUT2D eigenvalue weighted by Gasteiger charge is 2.17. The summed E-state index contributed by atoms with van der Waals surface area (Å²) in [6.45, 7) is 1.28. The van der Waals surface area contributed by atoms with Gasteiger partial charge in [-0.3, -0.25) is 0 Å². The molecule has 1 fully saturated rings. The van der Waals surface area contributed by atoms with Gasteiger partial charge in [-0.1, -0.05) is 24.3 Å². The Balaban J connectivity index is 1.87. The first-order valence-electron chi connectivity index (χ1n) is 6.63. The molecule has 0 unspecified atom stereocenters. The van der Waals surface area contributed by atoms with Crippen LogP contribution in [-0.2, 0) is 9.47 Å². The second-order valence-corrected chi connectivity index (χ2v) is 4.80. The van der Waals surface area contributed by atoms with E-state index in [0.29, 0.717) is 18.8 Å². The summed E-state index contributed by atoms with van der Waals surface area (Å²) in [7, 11) is 0. The molecular formula is C16H13F3O2. The van der Waals surface area contributed by atoms with Crippen LogP contribution in [0.3, 0.4) is 0 Å². The molecule has 2 nitrogen and oxygen atoms in total. The standard InChI is InChI=1S/C16H13F3O2/c17-13-8-12(9-14(18)15(13)19)10-2-4-11(5-3-10)16-20-6-1-7-21-16/h2-5,8-9,16H,1,6-7H2. The third-order valence-electron chi connectivity index (χ3n) is 3.33. The lowest BCUT2D eigenvalue weighted by Crippen LogP contribution is -2.17. The molecule has 3 rings (SSSR count). The molecule has 0 N–H and O–H groups in total. The average molecular weight is 294 g/mol. The maximum absolute atomic E-state index is 13.2. The highest BCUT2D eigenvalue weighted by molar-refractivity contribution is 5.64. The van der Waals surface area contributed by atoms with E-state index in [1.807, 2.05) is 0 Å². The van der Waals surface area contributed by atoms with Crippen molar-refractivity contribution in [2.75, 3.05) is 13.2 Å². The smallest absolute Gasteiger partial charge is 0.194 e. The zero-order valence-electron chi connectivity index (χ0n) is 11.1. The second-order valence-electron chi connectivity index (χ2n) is 4.80. The van der Waals surface area contributed by atoms with Crippen molar-refractivity contribution < 1.29 is 22.6 Å². The van der Waals surface area contributed by atoms with Crippen molar-refractivity contribution in [3.8, 4) is 11.1 Å². The third-order valence-corrected chi connectivity index (χ3v) is 3.33. The molecule has 5 heteroatoms. The van der Waals surface area contributed by atoms with Crippen LogP contribution < -0.4 is 0 Å². The van der Waals surface area contributed by atoms with Gasteiger partial charge in [-0.2, -0.15) is 0 Å². The van der Waals surface area contributed by atoms with Gasteiger partial charge in [0, 0.05) is 5.56 Å². The van der Waals surface area contributed by atoms with Crippen LogP contribution in [0.2, 0.25) is 0 Å². The molecule has 21 heavy (non-hydrogen) atoms. The van der Waals surface area contributed by atoms with Gasteiger partial charge < -0.3 is 9.47 Å². The summed E-state index contributed by atoms with van der Waals surface area (Å²) in [6.07, 6.45) is 0.456. The minimum Gasteiger partial charge on any atom is -0.348 e. The highest BCUT2D eigenvalue weighted by Crippen LogP contribution is 2.27. The van der Waals surface area contributed by atoms with Crippen molar-refractivity contribution >= 4 is 0 Å². The predicted molar refractivity (Wildman–Crippen MR) is 71.0 cm³/mol. The number of hydrogen-bond donors (Lipinski definition) is 0. The van der Waals surface area contributed by atoms with Crippen molar-refractivity contribution in [3.63, 3.8) is 0 Å². The molecule has 2 aromatic rings. The van der Waals surface area contributed by atoms with E-state index in [4.69, 9.17) is 9.47 Å². The summed E-state index contributed by atoms with van der Waals surface area (Å²) < 4.78 is 50.4. The summed E-state index contributed by atoms with van der Waals surface area (Å²) >= 11 is 0. The van der Waals surface area contributed by atoms with Gasteiger partial charge in [-0.15, -0.1) is 0 Å². The molecule has 0 bridgehead atoms. The molecule has 0 saturated carbocycles. The molecular weight excluding hydrogens is 281 g/mol. The van der Waals surface area contributed by atoms with Crippen molar-refractivity contribution in [1.29, 1.82) is 0 Å². The van der Waals surface area contributed by atoms with Crippen LogP contribution in [0.1, 0.15) is 18.3 Å². The number of hydrogen-bond acceptors (Lipinski definition) is 2. The monoisotopic (exact) mass is 294 g/mol. The van der Waals surface area contributed by atoms with Crippen LogP contribution in [0.5, 0.6) is 0 Å². The van der Waals surface area contributed by atoms with Gasteiger partial charge in [0.25, 0.3) is 0 Å². The van der Waals surface area contributed by atoms with Crippen LogP contribution >= 0.6 is 0 Å². The Morgan fingerprint density at radius 1 is 0.810 bits per heavy atom. The Morgan fingerprint density at radius 2 is 1.38 bits per heavy atom. The van der Waals surface area contributed by atoms with E-state index < -0.39 is 23.7 Å². The van der Waals surface area contributed by atoms with Gasteiger partial charge in [0.2, 0.25) is 0 Å². The molecule has 110 valence electrons. The summed E-state index contributed by atoms with van der Waals surface area (Å²) in [4.78, 5) is 0. The number of halogens is 3. The molecule has 0 spiro atoms. The van der Waals surface area contributed by atoms with Crippen LogP contribution in [0, 0.1) is 17.5 Å². The molecule has 1 heterocycles. The zero-order valence-corrected chi connectivity index (χ0v) is 11.1. The van der Waals surface area contributed by atoms with E-state index in [0.717, 1.165) is 24.1 Å². The molecule has 1 saturated heterocycles. The summed E-state index contributed by atoms with van der Waals surface area (Å²) in [6, 6.07) is 8.88. The van der Waals surface area contributed by atoms with Gasteiger partial charge in [0.15, 0.2) is 23.7 Å². The van der Waals surface area contributed by atoms with Crippen LogP contribution in [0.15, 0.2) is 36.4 Å². The maximum Gasteiger partial charge on any atom is 0.194 e. The first-order valence-corrected chi connectivity index (χ1v) is 6.63. The third kappa shape index (κ3) is 2.94. The van der Waals surface area contributed by atoms with E-state index in [1.165, 1.54) is 0 Å². The topological polar surface area (TPSA) is 18.5 Å². The van der Waals surface area contributed by atoms with Crippen LogP contribution in [0.25, 0.3) is 11.1 Å². The minimum absolute atomic E-state index is 0.281. The van der Waals surface area contributed by atoms with Gasteiger partial charge in [-0.05, 0) is 29.7 Å². The molecule has 0 radical (unpaired) electrons. The SMILES string of the molecule is Fc1cc(-c2ccc(C3OCCCO3)cc2)cc(F)c1F. The second kappa shape index (κ2) is 5.87. The van der Waals surface area contributed by atoms with E-state index in [2.05, 4.69) is 0 Å². The van der Waals surface area contributed by atoms with Crippen LogP contribution in [0.4, 0.5) is 13.2 Å². The Labute approximate surface area is 120 Å². The Hall–Kier alpha value is -1.85. The molecule has 0 atom stereocenters. The van der Waals surface area contributed by atoms with Crippen LogP contribution in [-0.4, -0.2) is 13.2 Å². The Kier molecular flexibility index (Phi) is 3.94. The van der Waals surface area contributed by atoms with Gasteiger partial charge in [0.1, 0.15) is 0 Å². The van der Waals surface area contributed by atoms with Gasteiger partial charge in [0.05, 0.1) is 13.2 Å². The van der Waals surface area contributed by atoms with Crippen molar-refractivity contribution in [3.05, 3.63) is 59.4 Å². The fraction of sp³-hybridized carbons (Fsp3) is 0.250. The predicted octanol–water partition coefficient (Wildman–Crippen LogP) is 4.21. The first kappa shape index (κ1) is 14.1. The van der Waals surface area contributed by atoms with E-state index >= 15 is 0 Å². The first-order chi connectivity index (χ1) is 10.1. The lowest BCUT2D eigenvalue weighted by molar-refractivity contribution is -0.183. The summed E-state index contributed by atoms with van der Waals surface area (Å²) in [5.41, 5.74) is 1.71. The molecule has 0 aromatic heterocycles. The molecule has 1 aliphatic heterocycles. The largest absolute Gasteiger partial charge is 0.348 e. The average Bonchev–Trinajstić information content (AvgIpc) is 2.53. The van der Waals surface area contributed by atoms with Crippen molar-refractivity contribution in [2.45, 2.75) is 12.7 Å². The van der Waals surface area contributed by atoms with E-state index in [9.17, 15) is 13.2 Å². The molecule has 2 aromatic carbocycles. The molecule has 1 aliphatic rings. The number of ether oxygens (including phenoxy) is 2. The maximum atomic E-state index is 13.2. The summed E-state index contributed by atoms with van der Waals surface area (Å²) in [5, 5.41) is 0. The highest BCUT2D eigenvalue weighted by atomic mass is 19.2. The van der Waals surface area contributed by atoms with Gasteiger partial charge in [-0.25, -0.2) is 13.2 Å². The van der Waals surface area contributed by atoms with Gasteiger partial charge >= 0.3 is 0 Å². The fourth-order valence-corrected chi connectivity index (χ4v) is 2.24. The summed E-state index contributed by atoms with van der Waals surface area (Å²) in [5.74, 6) is -3.86. The normalized spacial score (nSPS) is 16.1. The zero-order chi connectivity index (χ0) is 14.8. The van der Waals surface area contributed by atoms with Crippen molar-refractivity contribution in [2.24, 2.45) is 0 Å². The Morgan fingerprint density at radius 3 is 1.95 bits per heavy atom. The number of rotatable bonds is 2.